The minimum absolute atomic E-state index is 0.281. The third-order valence-corrected chi connectivity index (χ3v) is 5.78. The Kier molecular flexibility index (Phi) is 4.86. The lowest BCUT2D eigenvalue weighted by molar-refractivity contribution is -0.146. The summed E-state index contributed by atoms with van der Waals surface area (Å²) in [6.07, 6.45) is 5.05. The quantitative estimate of drug-likeness (QED) is 0.879. The highest BCUT2D eigenvalue weighted by molar-refractivity contribution is 9.10. The van der Waals surface area contributed by atoms with Crippen LogP contribution in [0.3, 0.4) is 0 Å². The number of hydrogen-bond donors (Lipinski definition) is 2. The van der Waals surface area contributed by atoms with E-state index in [1.807, 2.05) is 12.1 Å². The van der Waals surface area contributed by atoms with Crippen molar-refractivity contribution in [2.45, 2.75) is 41.5 Å². The summed E-state index contributed by atoms with van der Waals surface area (Å²) < 4.78 is 0.968. The predicted octanol–water partition coefficient (Wildman–Crippen LogP) is 2.92. The molecule has 2 atom stereocenters. The zero-order chi connectivity index (χ0) is 13.9. The zero-order valence-electron chi connectivity index (χ0n) is 10.7. The lowest BCUT2D eigenvalue weighted by Crippen LogP contribution is -2.53. The van der Waals surface area contributed by atoms with Gasteiger partial charge in [0.1, 0.15) is 10.6 Å². The van der Waals surface area contributed by atoms with Crippen molar-refractivity contribution in [1.29, 1.82) is 0 Å². The van der Waals surface area contributed by atoms with Gasteiger partial charge in [0.05, 0.1) is 0 Å². The number of carboxylic acids is 1. The van der Waals surface area contributed by atoms with Crippen molar-refractivity contribution in [3.8, 4) is 0 Å². The molecule has 1 aliphatic carbocycles. The summed E-state index contributed by atoms with van der Waals surface area (Å²) in [5.41, 5.74) is -0.781. The van der Waals surface area contributed by atoms with Crippen LogP contribution in [0.4, 0.5) is 0 Å². The first-order valence-electron chi connectivity index (χ1n) is 6.27. The second-order valence-electron chi connectivity index (χ2n) is 4.76. The molecule has 19 heavy (non-hydrogen) atoms. The zero-order valence-corrected chi connectivity index (χ0v) is 13.1. The molecule has 0 aliphatic heterocycles. The number of nitrogens with zero attached hydrogens (tertiary/aromatic N) is 1. The lowest BCUT2D eigenvalue weighted by atomic mass is 9.81. The molecule has 2 unspecified atom stereocenters. The van der Waals surface area contributed by atoms with Gasteiger partial charge < -0.3 is 10.4 Å². The summed E-state index contributed by atoms with van der Waals surface area (Å²) in [7, 11) is 1.73. The summed E-state index contributed by atoms with van der Waals surface area (Å²) in [6, 6.07) is 3.84. The molecule has 1 heterocycles. The molecule has 2 rings (SSSR count). The first-order chi connectivity index (χ1) is 9.07. The maximum Gasteiger partial charge on any atom is 0.323 e. The predicted molar refractivity (Wildman–Crippen MR) is 79.5 cm³/mol. The van der Waals surface area contributed by atoms with E-state index >= 15 is 0 Å². The fourth-order valence-corrected chi connectivity index (χ4v) is 4.27. The van der Waals surface area contributed by atoms with Crippen LogP contribution in [0.1, 0.15) is 25.7 Å². The average molecular weight is 345 g/mol. The monoisotopic (exact) mass is 344 g/mol. The molecule has 2 N–H and O–H groups in total. The molecule has 0 spiro atoms. The number of aliphatic carboxylic acids is 1. The molecule has 104 valence electrons. The third kappa shape index (κ3) is 3.30. The summed E-state index contributed by atoms with van der Waals surface area (Å²) >= 11 is 5.15. The Morgan fingerprint density at radius 1 is 1.68 bits per heavy atom. The van der Waals surface area contributed by atoms with Crippen molar-refractivity contribution >= 4 is 33.7 Å². The van der Waals surface area contributed by atoms with E-state index in [0.29, 0.717) is 12.8 Å². The van der Waals surface area contributed by atoms with E-state index in [-0.39, 0.29) is 5.25 Å². The highest BCUT2D eigenvalue weighted by Crippen LogP contribution is 2.39. The van der Waals surface area contributed by atoms with Crippen molar-refractivity contribution in [2.75, 3.05) is 7.05 Å². The van der Waals surface area contributed by atoms with E-state index in [0.717, 1.165) is 22.3 Å². The molecule has 6 heteroatoms. The molecule has 1 aromatic rings. The van der Waals surface area contributed by atoms with Gasteiger partial charge >= 0.3 is 5.97 Å². The van der Waals surface area contributed by atoms with Gasteiger partial charge in [-0.3, -0.25) is 4.79 Å². The van der Waals surface area contributed by atoms with Crippen LogP contribution in [-0.2, 0) is 4.79 Å². The Hall–Kier alpha value is -0.590. The van der Waals surface area contributed by atoms with Gasteiger partial charge in [0.15, 0.2) is 0 Å². The summed E-state index contributed by atoms with van der Waals surface area (Å²) in [6.45, 7) is 0. The Morgan fingerprint density at radius 2 is 2.47 bits per heavy atom. The molecule has 1 saturated carbocycles. The van der Waals surface area contributed by atoms with Crippen LogP contribution in [0, 0.1) is 0 Å². The molecule has 1 fully saturated rings. The molecule has 0 aromatic carbocycles. The molecule has 0 radical (unpaired) electrons. The van der Waals surface area contributed by atoms with Crippen LogP contribution in [0.5, 0.6) is 0 Å². The first-order valence-corrected chi connectivity index (χ1v) is 7.94. The normalized spacial score (nSPS) is 27.2. The van der Waals surface area contributed by atoms with Crippen molar-refractivity contribution in [2.24, 2.45) is 0 Å². The Labute approximate surface area is 125 Å². The molecule has 0 amide bonds. The number of halogens is 1. The van der Waals surface area contributed by atoms with Crippen molar-refractivity contribution in [1.82, 2.24) is 10.3 Å². The number of likely N-dealkylation sites (N-methyl/N-ethyl adjacent to an activating group) is 1. The number of nitrogens with one attached hydrogen (secondary N) is 1. The number of carboxylic acid groups (broad SMARTS) is 1. The smallest absolute Gasteiger partial charge is 0.323 e. The number of pyridine rings is 1. The average Bonchev–Trinajstić information content (AvgIpc) is 2.41. The molecule has 0 saturated heterocycles. The van der Waals surface area contributed by atoms with Crippen LogP contribution in [0.2, 0.25) is 0 Å². The van der Waals surface area contributed by atoms with Gasteiger partial charge in [-0.15, -0.1) is 11.8 Å². The summed E-state index contributed by atoms with van der Waals surface area (Å²) in [5.74, 6) is -0.750. The molecule has 4 nitrogen and oxygen atoms in total. The van der Waals surface area contributed by atoms with Crippen LogP contribution in [-0.4, -0.2) is 33.9 Å². The SMILES string of the molecule is CNC1(C(=O)O)CCCC(Sc2ncccc2Br)C1. The van der Waals surface area contributed by atoms with E-state index in [9.17, 15) is 9.90 Å². The first kappa shape index (κ1) is 14.8. The van der Waals surface area contributed by atoms with E-state index < -0.39 is 11.5 Å². The van der Waals surface area contributed by atoms with Gasteiger partial charge in [-0.05, 0) is 60.8 Å². The van der Waals surface area contributed by atoms with E-state index in [4.69, 9.17) is 0 Å². The van der Waals surface area contributed by atoms with Gasteiger partial charge in [0, 0.05) is 15.9 Å². The molecule has 1 aliphatic rings. The van der Waals surface area contributed by atoms with E-state index in [2.05, 4.69) is 26.2 Å². The van der Waals surface area contributed by atoms with Crippen molar-refractivity contribution in [3.05, 3.63) is 22.8 Å². The van der Waals surface area contributed by atoms with Crippen LogP contribution in [0.15, 0.2) is 27.8 Å². The van der Waals surface area contributed by atoms with Crippen molar-refractivity contribution < 1.29 is 9.90 Å². The number of carbonyl (C=O) groups is 1. The van der Waals surface area contributed by atoms with Gasteiger partial charge in [-0.1, -0.05) is 0 Å². The minimum atomic E-state index is -0.781. The van der Waals surface area contributed by atoms with Gasteiger partial charge in [-0.2, -0.15) is 0 Å². The standard InChI is InChI=1S/C13H17BrN2O2S/c1-15-13(12(17)18)6-2-4-9(8-13)19-11-10(14)5-3-7-16-11/h3,5,7,9,15H,2,4,6,8H2,1H3,(H,17,18). The number of hydrogen-bond acceptors (Lipinski definition) is 4. The van der Waals surface area contributed by atoms with Crippen LogP contribution in [0.25, 0.3) is 0 Å². The van der Waals surface area contributed by atoms with Gasteiger partial charge in [0.2, 0.25) is 0 Å². The second-order valence-corrected chi connectivity index (χ2v) is 6.91. The Morgan fingerprint density at radius 3 is 3.11 bits per heavy atom. The number of thioether (sulfide) groups is 1. The maximum atomic E-state index is 11.5. The Balaban J connectivity index is 2.10. The van der Waals surface area contributed by atoms with Crippen LogP contribution >= 0.6 is 27.7 Å². The van der Waals surface area contributed by atoms with Gasteiger partial charge in [-0.25, -0.2) is 4.98 Å². The fourth-order valence-electron chi connectivity index (χ4n) is 2.47. The lowest BCUT2D eigenvalue weighted by Gasteiger charge is -2.37. The molecular weight excluding hydrogens is 328 g/mol. The molecule has 0 bridgehead atoms. The Bertz CT molecular complexity index is 472. The number of rotatable bonds is 4. The third-order valence-electron chi connectivity index (χ3n) is 3.60. The fraction of sp³-hybridized carbons (Fsp3) is 0.538. The highest BCUT2D eigenvalue weighted by Gasteiger charge is 2.42. The topological polar surface area (TPSA) is 62.2 Å². The van der Waals surface area contributed by atoms with E-state index in [1.54, 1.807) is 25.0 Å². The summed E-state index contributed by atoms with van der Waals surface area (Å²) in [5, 5.41) is 13.6. The van der Waals surface area contributed by atoms with E-state index in [1.165, 1.54) is 0 Å². The second kappa shape index (κ2) is 6.24. The van der Waals surface area contributed by atoms with Crippen LogP contribution < -0.4 is 5.32 Å². The maximum absolute atomic E-state index is 11.5. The largest absolute Gasteiger partial charge is 0.480 e. The van der Waals surface area contributed by atoms with Gasteiger partial charge in [0.25, 0.3) is 0 Å². The highest BCUT2D eigenvalue weighted by atomic mass is 79.9. The summed E-state index contributed by atoms with van der Waals surface area (Å²) in [4.78, 5) is 15.8. The molecule has 1 aromatic heterocycles. The number of aromatic nitrogens is 1. The molecular formula is C13H17BrN2O2S. The van der Waals surface area contributed by atoms with Crippen molar-refractivity contribution in [3.63, 3.8) is 0 Å². The minimum Gasteiger partial charge on any atom is -0.480 e.